The molecule has 0 saturated carbocycles. The molecule has 4 rings (SSSR count). The lowest BCUT2D eigenvalue weighted by Gasteiger charge is -2.40. The summed E-state index contributed by atoms with van der Waals surface area (Å²) in [5.41, 5.74) is 2.04. The smallest absolute Gasteiger partial charge is 0.219 e. The maximum atomic E-state index is 10.7. The van der Waals surface area contributed by atoms with Gasteiger partial charge in [-0.1, -0.05) is 13.0 Å². The summed E-state index contributed by atoms with van der Waals surface area (Å²) in [4.78, 5) is 9.40. The summed E-state index contributed by atoms with van der Waals surface area (Å²) in [6.45, 7) is 7.93. The van der Waals surface area contributed by atoms with Gasteiger partial charge in [-0.15, -0.1) is 0 Å². The predicted molar refractivity (Wildman–Crippen MR) is 92.5 cm³/mol. The van der Waals surface area contributed by atoms with Crippen LogP contribution in [0.4, 0.5) is 0 Å². The minimum atomic E-state index is 0.264. The van der Waals surface area contributed by atoms with Crippen molar-refractivity contribution in [3.63, 3.8) is 0 Å². The van der Waals surface area contributed by atoms with Gasteiger partial charge in [0.2, 0.25) is 5.88 Å². The molecule has 1 aliphatic heterocycles. The number of aryl methyl sites for hydroxylation is 1. The lowest BCUT2D eigenvalue weighted by atomic mass is 9.91. The minimum Gasteiger partial charge on any atom is -0.493 e. The molecule has 0 radical (unpaired) electrons. The maximum Gasteiger partial charge on any atom is 0.219 e. The van der Waals surface area contributed by atoms with Crippen molar-refractivity contribution in [2.45, 2.75) is 32.2 Å². The Morgan fingerprint density at radius 3 is 2.75 bits per heavy atom. The molecule has 2 aromatic rings. The molecular formula is C18H25N5O. The zero-order valence-corrected chi connectivity index (χ0v) is 14.2. The van der Waals surface area contributed by atoms with Crippen molar-refractivity contribution in [2.75, 3.05) is 32.7 Å². The molecule has 128 valence electrons. The first-order valence-corrected chi connectivity index (χ1v) is 8.93. The summed E-state index contributed by atoms with van der Waals surface area (Å²) in [5.74, 6) is 0.943. The Balaban J connectivity index is 1.52. The molecule has 2 aromatic heterocycles. The molecule has 0 bridgehead atoms. The van der Waals surface area contributed by atoms with E-state index in [2.05, 4.69) is 26.8 Å². The van der Waals surface area contributed by atoms with Gasteiger partial charge in [0.25, 0.3) is 0 Å². The van der Waals surface area contributed by atoms with Crippen LogP contribution in [-0.2, 0) is 12.8 Å². The molecule has 1 fully saturated rings. The molecule has 0 aromatic carbocycles. The Morgan fingerprint density at radius 1 is 1.21 bits per heavy atom. The van der Waals surface area contributed by atoms with Crippen LogP contribution in [0.5, 0.6) is 5.88 Å². The molecule has 6 heteroatoms. The van der Waals surface area contributed by atoms with E-state index in [4.69, 9.17) is 0 Å². The van der Waals surface area contributed by atoms with Gasteiger partial charge in [-0.3, -0.25) is 4.90 Å². The average molecular weight is 327 g/mol. The fourth-order valence-corrected chi connectivity index (χ4v) is 3.93. The lowest BCUT2D eigenvalue weighted by Crippen LogP contribution is -2.51. The van der Waals surface area contributed by atoms with Crippen LogP contribution in [0.25, 0.3) is 5.82 Å². The first-order valence-electron chi connectivity index (χ1n) is 8.93. The molecule has 1 N–H and O–H groups in total. The molecule has 1 unspecified atom stereocenters. The van der Waals surface area contributed by atoms with Gasteiger partial charge in [-0.05, 0) is 37.9 Å². The molecule has 24 heavy (non-hydrogen) atoms. The van der Waals surface area contributed by atoms with Crippen molar-refractivity contribution in [2.24, 2.45) is 0 Å². The summed E-state index contributed by atoms with van der Waals surface area (Å²) in [6, 6.07) is 6.18. The van der Waals surface area contributed by atoms with Gasteiger partial charge in [0, 0.05) is 44.0 Å². The largest absolute Gasteiger partial charge is 0.493 e. The Bertz CT molecular complexity index is 691. The summed E-state index contributed by atoms with van der Waals surface area (Å²) >= 11 is 0. The molecule has 1 saturated heterocycles. The van der Waals surface area contributed by atoms with Gasteiger partial charge in [-0.25, -0.2) is 4.98 Å². The molecule has 1 atom stereocenters. The van der Waals surface area contributed by atoms with E-state index in [9.17, 15) is 5.11 Å². The van der Waals surface area contributed by atoms with Crippen LogP contribution in [0.2, 0.25) is 0 Å². The van der Waals surface area contributed by atoms with Gasteiger partial charge in [0.15, 0.2) is 5.82 Å². The fraction of sp³-hybridized carbons (Fsp3) is 0.556. The van der Waals surface area contributed by atoms with Gasteiger partial charge >= 0.3 is 0 Å². The fourth-order valence-electron chi connectivity index (χ4n) is 3.93. The normalized spacial score (nSPS) is 22.5. The molecule has 0 spiro atoms. The van der Waals surface area contributed by atoms with Gasteiger partial charge in [-0.2, -0.15) is 9.78 Å². The Hall–Kier alpha value is -1.92. The Labute approximate surface area is 142 Å². The summed E-state index contributed by atoms with van der Waals surface area (Å²) in [7, 11) is 0. The van der Waals surface area contributed by atoms with E-state index in [1.54, 1.807) is 10.9 Å². The number of likely N-dealkylation sites (N-methyl/N-ethyl adjacent to an activating group) is 1. The van der Waals surface area contributed by atoms with E-state index < -0.39 is 0 Å². The highest BCUT2D eigenvalue weighted by molar-refractivity contribution is 5.39. The number of nitrogens with zero attached hydrogens (tertiary/aromatic N) is 5. The minimum absolute atomic E-state index is 0.264. The van der Waals surface area contributed by atoms with E-state index >= 15 is 0 Å². The number of hydrogen-bond donors (Lipinski definition) is 1. The van der Waals surface area contributed by atoms with E-state index in [-0.39, 0.29) is 5.88 Å². The number of pyridine rings is 1. The van der Waals surface area contributed by atoms with Gasteiger partial charge < -0.3 is 10.0 Å². The predicted octanol–water partition coefficient (Wildman–Crippen LogP) is 1.47. The second-order valence-corrected chi connectivity index (χ2v) is 6.72. The zero-order chi connectivity index (χ0) is 16.5. The van der Waals surface area contributed by atoms with Crippen molar-refractivity contribution in [3.05, 3.63) is 35.7 Å². The maximum absolute atomic E-state index is 10.7. The molecular weight excluding hydrogens is 302 g/mol. The number of rotatable bonds is 3. The second kappa shape index (κ2) is 6.53. The van der Waals surface area contributed by atoms with Crippen LogP contribution in [0, 0.1) is 0 Å². The lowest BCUT2D eigenvalue weighted by molar-refractivity contribution is 0.0922. The van der Waals surface area contributed by atoms with Crippen LogP contribution >= 0.6 is 0 Å². The zero-order valence-electron chi connectivity index (χ0n) is 14.2. The monoisotopic (exact) mass is 327 g/mol. The molecule has 1 aliphatic carbocycles. The summed E-state index contributed by atoms with van der Waals surface area (Å²) in [6.07, 6.45) is 4.67. The van der Waals surface area contributed by atoms with Crippen LogP contribution < -0.4 is 0 Å². The van der Waals surface area contributed by atoms with Crippen molar-refractivity contribution in [1.29, 1.82) is 0 Å². The highest BCUT2D eigenvalue weighted by Gasteiger charge is 2.31. The summed E-state index contributed by atoms with van der Waals surface area (Å²) < 4.78 is 1.59. The van der Waals surface area contributed by atoms with Crippen LogP contribution in [0.1, 0.15) is 24.6 Å². The third-order valence-corrected chi connectivity index (χ3v) is 5.43. The molecule has 3 heterocycles. The van der Waals surface area contributed by atoms with Gasteiger partial charge in [0.1, 0.15) is 0 Å². The average Bonchev–Trinajstić information content (AvgIpc) is 2.99. The Kier molecular flexibility index (Phi) is 4.24. The van der Waals surface area contributed by atoms with Crippen LogP contribution in [-0.4, -0.2) is 68.4 Å². The second-order valence-electron chi connectivity index (χ2n) is 6.72. The van der Waals surface area contributed by atoms with Crippen LogP contribution in [0.3, 0.4) is 0 Å². The molecule has 6 nitrogen and oxygen atoms in total. The number of aromatic nitrogens is 3. The van der Waals surface area contributed by atoms with Crippen molar-refractivity contribution in [1.82, 2.24) is 24.6 Å². The quantitative estimate of drug-likeness (QED) is 0.925. The van der Waals surface area contributed by atoms with Crippen molar-refractivity contribution >= 4 is 0 Å². The van der Waals surface area contributed by atoms with Crippen molar-refractivity contribution < 1.29 is 5.11 Å². The Morgan fingerprint density at radius 2 is 2.04 bits per heavy atom. The van der Waals surface area contributed by atoms with E-state index in [0.29, 0.717) is 11.9 Å². The van der Waals surface area contributed by atoms with E-state index in [1.807, 2.05) is 18.2 Å². The van der Waals surface area contributed by atoms with E-state index in [1.165, 1.54) is 0 Å². The highest BCUT2D eigenvalue weighted by atomic mass is 16.3. The van der Waals surface area contributed by atoms with Gasteiger partial charge in [0.05, 0.1) is 5.69 Å². The molecule has 2 aliphatic rings. The SMILES string of the molecule is CCN1CCN(C2CCc3nn(-c4ccccn4)c(O)c3C2)CC1. The van der Waals surface area contributed by atoms with E-state index in [0.717, 1.165) is 63.2 Å². The first kappa shape index (κ1) is 15.6. The number of fused-ring (bicyclic) bond motifs is 1. The molecule has 0 amide bonds. The number of hydrogen-bond acceptors (Lipinski definition) is 5. The first-order chi connectivity index (χ1) is 11.8. The summed E-state index contributed by atoms with van der Waals surface area (Å²) in [5, 5.41) is 15.3. The highest BCUT2D eigenvalue weighted by Crippen LogP contribution is 2.32. The van der Waals surface area contributed by atoms with Crippen LogP contribution in [0.15, 0.2) is 24.4 Å². The third-order valence-electron chi connectivity index (χ3n) is 5.43. The number of piperazine rings is 1. The topological polar surface area (TPSA) is 57.4 Å². The number of aromatic hydroxyl groups is 1. The third kappa shape index (κ3) is 2.80. The van der Waals surface area contributed by atoms with Crippen molar-refractivity contribution in [3.8, 4) is 11.7 Å². The standard InChI is InChI=1S/C18H25N5O/c1-2-21-9-11-22(12-10-21)14-6-7-16-15(13-14)18(24)23(20-16)17-5-3-4-8-19-17/h3-5,8,14,24H,2,6-7,9-13H2,1H3.